The molecule has 0 fully saturated rings. The zero-order chi connectivity index (χ0) is 41.1. The number of imidazole rings is 2. The third kappa shape index (κ3) is 15.8. The summed E-state index contributed by atoms with van der Waals surface area (Å²) in [5, 5.41) is 43.9. The highest BCUT2D eigenvalue weighted by atomic mass is 16.4. The van der Waals surface area contributed by atoms with Crippen molar-refractivity contribution in [3.8, 4) is 0 Å². The van der Waals surface area contributed by atoms with Crippen LogP contribution in [0.15, 0.2) is 25.0 Å². The summed E-state index contributed by atoms with van der Waals surface area (Å²) in [5.74, 6) is -6.60. The Bertz CT molecular complexity index is 1540. The second kappa shape index (κ2) is 23.4. The molecule has 306 valence electrons. The molecule has 55 heavy (non-hydrogen) atoms. The van der Waals surface area contributed by atoms with Crippen molar-refractivity contribution in [2.75, 3.05) is 19.8 Å². The van der Waals surface area contributed by atoms with Gasteiger partial charge < -0.3 is 68.7 Å². The number of nitrogens with zero attached hydrogens (tertiary/aromatic N) is 2. The number of aromatic amines is 2. The van der Waals surface area contributed by atoms with Gasteiger partial charge in [-0.1, -0.05) is 13.8 Å². The van der Waals surface area contributed by atoms with E-state index in [4.69, 9.17) is 11.5 Å². The van der Waals surface area contributed by atoms with Crippen molar-refractivity contribution >= 4 is 41.4 Å². The van der Waals surface area contributed by atoms with Crippen LogP contribution in [-0.2, 0) is 46.4 Å². The Balaban J connectivity index is 2.07. The summed E-state index contributed by atoms with van der Waals surface area (Å²) < 4.78 is 0. The average molecular weight is 779 g/mol. The maximum Gasteiger partial charge on any atom is 0.326 e. The van der Waals surface area contributed by atoms with Gasteiger partial charge in [0.2, 0.25) is 35.4 Å². The number of aromatic nitrogens is 4. The largest absolute Gasteiger partial charge is 0.480 e. The predicted octanol–water partition coefficient (Wildman–Crippen LogP) is -4.58. The van der Waals surface area contributed by atoms with Crippen LogP contribution < -0.4 is 43.4 Å². The van der Waals surface area contributed by atoms with Crippen LogP contribution in [0.3, 0.4) is 0 Å². The molecule has 0 bridgehead atoms. The SMILES string of the molecule is CC(C)C[C@H](NC(=O)[C@H](C)NC(=O)[C@H](CO)NC(=O)[C@@H](N)Cc1cnc[nH]1)C(=O)N[C@@H](CO)C(=O)N[C@@H](CCCCN)C(=O)N[C@@H](Cc1cnc[nH]1)C(=O)O. The minimum Gasteiger partial charge on any atom is -0.480 e. The zero-order valence-corrected chi connectivity index (χ0v) is 31.0. The van der Waals surface area contributed by atoms with Crippen molar-refractivity contribution in [2.24, 2.45) is 17.4 Å². The summed E-state index contributed by atoms with van der Waals surface area (Å²) in [6, 6.07) is -9.28. The number of hydrogen-bond acceptors (Lipinski definition) is 13. The predicted molar refractivity (Wildman–Crippen MR) is 194 cm³/mol. The maximum absolute atomic E-state index is 13.4. The van der Waals surface area contributed by atoms with Gasteiger partial charge >= 0.3 is 5.97 Å². The van der Waals surface area contributed by atoms with Gasteiger partial charge in [-0.25, -0.2) is 14.8 Å². The van der Waals surface area contributed by atoms with Gasteiger partial charge in [-0.05, 0) is 45.1 Å². The fraction of sp³-hybridized carbons (Fsp3) is 0.606. The van der Waals surface area contributed by atoms with Crippen LogP contribution in [0.1, 0.15) is 57.8 Å². The van der Waals surface area contributed by atoms with Crippen LogP contribution in [0.25, 0.3) is 0 Å². The molecule has 0 radical (unpaired) electrons. The molecule has 0 saturated carbocycles. The van der Waals surface area contributed by atoms with Gasteiger partial charge in [0.25, 0.3) is 0 Å². The van der Waals surface area contributed by atoms with Crippen molar-refractivity contribution < 1.29 is 48.9 Å². The quantitative estimate of drug-likeness (QED) is 0.0422. The van der Waals surface area contributed by atoms with Gasteiger partial charge in [0.1, 0.15) is 36.3 Å². The normalized spacial score (nSPS) is 15.0. The molecule has 2 aromatic heterocycles. The Morgan fingerprint density at radius 1 is 0.655 bits per heavy atom. The monoisotopic (exact) mass is 778 g/mol. The van der Waals surface area contributed by atoms with E-state index in [0.29, 0.717) is 30.8 Å². The molecule has 15 N–H and O–H groups in total. The fourth-order valence-electron chi connectivity index (χ4n) is 5.17. The standard InChI is InChI=1S/C33H54N12O10/c1-17(2)8-23(42-27(48)18(3)40-31(52)25(13-46)44-28(49)21(35)9-19-11-36-15-38-19)30(51)45-26(14-47)32(53)41-22(6-4-5-7-34)29(50)43-24(33(54)55)10-20-12-37-16-39-20/h11-12,15-18,21-26,46-47H,4-10,13-14,34-35H2,1-3H3,(H,36,38)(H,37,39)(H,40,52)(H,41,53)(H,42,48)(H,43,50)(H,44,49)(H,45,51)(H,54,55)/t18-,21-,22-,23-,24-,25-,26-/m0/s1. The molecule has 2 aromatic rings. The van der Waals surface area contributed by atoms with Gasteiger partial charge in [0.05, 0.1) is 31.9 Å². The number of carboxylic acid groups (broad SMARTS) is 1. The topological polar surface area (TPSA) is 362 Å². The molecule has 22 nitrogen and oxygen atoms in total. The number of aliphatic hydroxyl groups excluding tert-OH is 2. The van der Waals surface area contributed by atoms with Gasteiger partial charge in [0, 0.05) is 36.6 Å². The van der Waals surface area contributed by atoms with E-state index in [1.807, 2.05) is 0 Å². The lowest BCUT2D eigenvalue weighted by molar-refractivity contribution is -0.142. The Morgan fingerprint density at radius 2 is 1.13 bits per heavy atom. The minimum atomic E-state index is -1.59. The molecule has 0 aliphatic heterocycles. The van der Waals surface area contributed by atoms with Crippen LogP contribution in [-0.4, -0.2) is 139 Å². The molecular weight excluding hydrogens is 724 g/mol. The second-order valence-corrected chi connectivity index (χ2v) is 13.3. The Labute approximate surface area is 317 Å². The molecule has 0 aliphatic carbocycles. The molecule has 0 unspecified atom stereocenters. The van der Waals surface area contributed by atoms with Crippen LogP contribution in [0.2, 0.25) is 0 Å². The lowest BCUT2D eigenvalue weighted by atomic mass is 10.0. The van der Waals surface area contributed by atoms with E-state index in [-0.39, 0.29) is 31.6 Å². The van der Waals surface area contributed by atoms with Crippen molar-refractivity contribution in [2.45, 2.75) is 102 Å². The number of aliphatic carboxylic acids is 1. The number of unbranched alkanes of at least 4 members (excludes halogenated alkanes) is 1. The first kappa shape index (κ1) is 45.7. The van der Waals surface area contributed by atoms with Gasteiger partial charge in [-0.2, -0.15) is 0 Å². The number of carbonyl (C=O) groups is 7. The van der Waals surface area contributed by atoms with Crippen molar-refractivity contribution in [1.29, 1.82) is 0 Å². The average Bonchev–Trinajstić information content (AvgIpc) is 3.86. The third-order valence-electron chi connectivity index (χ3n) is 8.23. The maximum atomic E-state index is 13.4. The van der Waals surface area contributed by atoms with Crippen molar-refractivity contribution in [3.05, 3.63) is 36.4 Å². The van der Waals surface area contributed by atoms with Crippen LogP contribution in [0, 0.1) is 5.92 Å². The number of nitrogens with one attached hydrogen (secondary N) is 8. The lowest BCUT2D eigenvalue weighted by Gasteiger charge is -2.27. The minimum absolute atomic E-state index is 0.0612. The van der Waals surface area contributed by atoms with E-state index in [1.165, 1.54) is 32.0 Å². The Hall–Kier alpha value is -5.45. The number of rotatable bonds is 25. The summed E-state index contributed by atoms with van der Waals surface area (Å²) in [6.07, 6.45) is 6.59. The summed E-state index contributed by atoms with van der Waals surface area (Å²) in [4.78, 5) is 104. The number of aliphatic hydroxyl groups is 2. The number of H-pyrrole nitrogens is 2. The number of carbonyl (C=O) groups excluding carboxylic acids is 6. The Kier molecular flexibility index (Phi) is 19.4. The second-order valence-electron chi connectivity index (χ2n) is 13.3. The van der Waals surface area contributed by atoms with Gasteiger partial charge in [0.15, 0.2) is 0 Å². The molecule has 6 amide bonds. The molecule has 2 heterocycles. The molecule has 0 aromatic carbocycles. The van der Waals surface area contributed by atoms with E-state index in [1.54, 1.807) is 13.8 Å². The van der Waals surface area contributed by atoms with E-state index in [0.717, 1.165) is 0 Å². The first-order valence-electron chi connectivity index (χ1n) is 17.8. The molecule has 7 atom stereocenters. The molecule has 0 spiro atoms. The van der Waals surface area contributed by atoms with E-state index < -0.39 is 96.9 Å². The fourth-order valence-corrected chi connectivity index (χ4v) is 5.17. The summed E-state index contributed by atoms with van der Waals surface area (Å²) >= 11 is 0. The number of nitrogens with two attached hydrogens (primary N) is 2. The first-order valence-corrected chi connectivity index (χ1v) is 17.8. The van der Waals surface area contributed by atoms with E-state index in [9.17, 15) is 48.9 Å². The van der Waals surface area contributed by atoms with E-state index >= 15 is 0 Å². The van der Waals surface area contributed by atoms with Gasteiger partial charge in [-0.15, -0.1) is 0 Å². The van der Waals surface area contributed by atoms with Crippen LogP contribution >= 0.6 is 0 Å². The summed E-state index contributed by atoms with van der Waals surface area (Å²) in [6.45, 7) is 3.41. The van der Waals surface area contributed by atoms with Crippen molar-refractivity contribution in [3.63, 3.8) is 0 Å². The highest BCUT2D eigenvalue weighted by Gasteiger charge is 2.33. The molecular formula is C33H54N12O10. The smallest absolute Gasteiger partial charge is 0.326 e. The molecule has 22 heteroatoms. The number of hydrogen-bond donors (Lipinski definition) is 13. The van der Waals surface area contributed by atoms with Gasteiger partial charge in [-0.3, -0.25) is 28.8 Å². The lowest BCUT2D eigenvalue weighted by Crippen LogP contribution is -2.60. The highest BCUT2D eigenvalue weighted by Crippen LogP contribution is 2.08. The first-order chi connectivity index (χ1) is 26.1. The summed E-state index contributed by atoms with van der Waals surface area (Å²) in [7, 11) is 0. The van der Waals surface area contributed by atoms with Crippen LogP contribution in [0.4, 0.5) is 0 Å². The zero-order valence-electron chi connectivity index (χ0n) is 31.0. The highest BCUT2D eigenvalue weighted by molar-refractivity contribution is 5.97. The molecule has 0 saturated heterocycles. The summed E-state index contributed by atoms with van der Waals surface area (Å²) in [5.41, 5.74) is 12.5. The van der Waals surface area contributed by atoms with Crippen LogP contribution in [0.5, 0.6) is 0 Å². The van der Waals surface area contributed by atoms with Crippen molar-refractivity contribution in [1.82, 2.24) is 51.8 Å². The number of amides is 6. The number of carboxylic acids is 1. The Morgan fingerprint density at radius 3 is 1.64 bits per heavy atom. The third-order valence-corrected chi connectivity index (χ3v) is 8.23. The molecule has 2 rings (SSSR count). The van der Waals surface area contributed by atoms with E-state index in [2.05, 4.69) is 51.8 Å². The molecule has 0 aliphatic rings.